The predicted octanol–water partition coefficient (Wildman–Crippen LogP) is 4.68. The number of phenolic OH excluding ortho intramolecular Hbond substituents is 1. The molecular weight excluding hydrogens is 384 g/mol. The Bertz CT molecular complexity index is 999. The second-order valence-electron chi connectivity index (χ2n) is 8.14. The number of nitro benzene ring substituents is 1. The molecule has 7 heteroatoms. The fourth-order valence-corrected chi connectivity index (χ4v) is 4.88. The van der Waals surface area contributed by atoms with Crippen molar-refractivity contribution < 1.29 is 19.5 Å². The molecule has 1 saturated heterocycles. The first-order valence-electron chi connectivity index (χ1n) is 10.4. The summed E-state index contributed by atoms with van der Waals surface area (Å²) in [6, 6.07) is 9.98. The molecule has 1 aliphatic carbocycles. The van der Waals surface area contributed by atoms with Crippen LogP contribution in [-0.2, 0) is 4.74 Å². The van der Waals surface area contributed by atoms with Crippen LogP contribution in [-0.4, -0.2) is 29.3 Å². The second kappa shape index (κ2) is 7.65. The van der Waals surface area contributed by atoms with Crippen LogP contribution in [0.2, 0.25) is 0 Å². The van der Waals surface area contributed by atoms with Gasteiger partial charge in [-0.3, -0.25) is 10.1 Å². The van der Waals surface area contributed by atoms with Gasteiger partial charge >= 0.3 is 0 Å². The molecule has 0 spiro atoms. The van der Waals surface area contributed by atoms with Gasteiger partial charge in [-0.15, -0.1) is 0 Å². The van der Waals surface area contributed by atoms with Crippen LogP contribution in [0.5, 0.6) is 11.5 Å². The number of nitro groups is 1. The van der Waals surface area contributed by atoms with Gasteiger partial charge in [0, 0.05) is 30.2 Å². The van der Waals surface area contributed by atoms with E-state index < -0.39 is 4.92 Å². The van der Waals surface area contributed by atoms with Crippen molar-refractivity contribution in [2.45, 2.75) is 37.3 Å². The lowest BCUT2D eigenvalue weighted by atomic mass is 9.76. The molecule has 1 fully saturated rings. The third-order valence-electron chi connectivity index (χ3n) is 6.36. The molecule has 0 amide bonds. The number of ether oxygens (including phenoxy) is 2. The molecule has 2 aromatic carbocycles. The lowest BCUT2D eigenvalue weighted by Crippen LogP contribution is -2.30. The summed E-state index contributed by atoms with van der Waals surface area (Å²) < 4.78 is 11.8. The minimum absolute atomic E-state index is 0.0270. The number of benzene rings is 2. The number of nitrogens with zero attached hydrogens (tertiary/aromatic N) is 1. The quantitative estimate of drug-likeness (QED) is 0.424. The molecular formula is C23H24N2O5. The lowest BCUT2D eigenvalue weighted by Gasteiger charge is -2.38. The Hall–Kier alpha value is -3.06. The maximum absolute atomic E-state index is 11.3. The summed E-state index contributed by atoms with van der Waals surface area (Å²) in [6.07, 6.45) is 7.34. The third kappa shape index (κ3) is 3.29. The van der Waals surface area contributed by atoms with E-state index in [1.165, 1.54) is 18.2 Å². The minimum atomic E-state index is -0.430. The fourth-order valence-electron chi connectivity index (χ4n) is 4.88. The average Bonchev–Trinajstić information content (AvgIpc) is 3.44. The van der Waals surface area contributed by atoms with E-state index in [9.17, 15) is 15.2 Å². The Morgan fingerprint density at radius 2 is 2.17 bits per heavy atom. The van der Waals surface area contributed by atoms with Crippen LogP contribution in [0.4, 0.5) is 11.4 Å². The van der Waals surface area contributed by atoms with Crippen LogP contribution in [0.1, 0.15) is 42.3 Å². The molecule has 7 nitrogen and oxygen atoms in total. The number of anilines is 1. The van der Waals surface area contributed by atoms with Crippen molar-refractivity contribution >= 4 is 11.4 Å². The Kier molecular flexibility index (Phi) is 4.83. The van der Waals surface area contributed by atoms with Crippen LogP contribution in [0, 0.1) is 16.0 Å². The van der Waals surface area contributed by atoms with Gasteiger partial charge in [0.05, 0.1) is 22.8 Å². The van der Waals surface area contributed by atoms with Gasteiger partial charge in [-0.05, 0) is 42.9 Å². The number of hydrogen-bond donors (Lipinski definition) is 2. The van der Waals surface area contributed by atoms with Gasteiger partial charge in [-0.2, -0.15) is 0 Å². The maximum Gasteiger partial charge on any atom is 0.270 e. The van der Waals surface area contributed by atoms with Gasteiger partial charge in [0.2, 0.25) is 0 Å². The van der Waals surface area contributed by atoms with Gasteiger partial charge in [0.1, 0.15) is 18.1 Å². The van der Waals surface area contributed by atoms with E-state index in [0.717, 1.165) is 42.9 Å². The van der Waals surface area contributed by atoms with Crippen LogP contribution in [0.3, 0.4) is 0 Å². The molecule has 0 bridgehead atoms. The molecule has 2 aromatic rings. The normalized spacial score (nSPS) is 26.7. The van der Waals surface area contributed by atoms with Gasteiger partial charge in [0.15, 0.2) is 0 Å². The standard InChI is InChI=1S/C23H24N2O5/c26-20-10-9-14(25(27)28)12-19(20)22-17-6-1-5-16(17)18-7-2-8-21(23(18)24-22)30-13-15-4-3-11-29-15/h1-2,5,7-10,12,15-17,22,24,26H,3-4,6,11,13H2. The van der Waals surface area contributed by atoms with Gasteiger partial charge < -0.3 is 19.9 Å². The van der Waals surface area contributed by atoms with Crippen molar-refractivity contribution in [3.05, 3.63) is 69.8 Å². The van der Waals surface area contributed by atoms with Crippen molar-refractivity contribution in [1.29, 1.82) is 0 Å². The van der Waals surface area contributed by atoms with Crippen molar-refractivity contribution in [1.82, 2.24) is 0 Å². The molecule has 2 N–H and O–H groups in total. The first-order valence-corrected chi connectivity index (χ1v) is 10.4. The molecule has 2 aliphatic heterocycles. The monoisotopic (exact) mass is 408 g/mol. The molecule has 0 aromatic heterocycles. The summed E-state index contributed by atoms with van der Waals surface area (Å²) in [6.45, 7) is 1.27. The van der Waals surface area contributed by atoms with E-state index in [4.69, 9.17) is 9.47 Å². The van der Waals surface area contributed by atoms with Gasteiger partial charge in [0.25, 0.3) is 5.69 Å². The maximum atomic E-state index is 11.3. The first-order chi connectivity index (χ1) is 14.6. The highest BCUT2D eigenvalue weighted by Gasteiger charge is 2.40. The molecule has 30 heavy (non-hydrogen) atoms. The lowest BCUT2D eigenvalue weighted by molar-refractivity contribution is -0.385. The Labute approximate surface area is 174 Å². The van der Waals surface area contributed by atoms with Gasteiger partial charge in [-0.1, -0.05) is 24.3 Å². The number of hydrogen-bond acceptors (Lipinski definition) is 6. The van der Waals surface area contributed by atoms with Crippen LogP contribution in [0.25, 0.3) is 0 Å². The Balaban J connectivity index is 1.51. The number of para-hydroxylation sites is 1. The first kappa shape index (κ1) is 18.9. The zero-order chi connectivity index (χ0) is 20.7. The zero-order valence-electron chi connectivity index (χ0n) is 16.5. The summed E-state index contributed by atoms with van der Waals surface area (Å²) in [5.74, 6) is 1.14. The zero-order valence-corrected chi connectivity index (χ0v) is 16.5. The van der Waals surface area contributed by atoms with E-state index >= 15 is 0 Å². The number of allylic oxidation sites excluding steroid dienone is 2. The summed E-state index contributed by atoms with van der Waals surface area (Å²) in [7, 11) is 0. The summed E-state index contributed by atoms with van der Waals surface area (Å²) in [4.78, 5) is 10.9. The van der Waals surface area contributed by atoms with E-state index in [2.05, 4.69) is 23.5 Å². The Morgan fingerprint density at radius 3 is 2.97 bits per heavy atom. The summed E-state index contributed by atoms with van der Waals surface area (Å²) in [5, 5.41) is 25.4. The number of non-ortho nitro benzene ring substituents is 1. The van der Waals surface area contributed by atoms with Crippen molar-refractivity contribution in [3.63, 3.8) is 0 Å². The predicted molar refractivity (Wildman–Crippen MR) is 112 cm³/mol. The molecule has 0 saturated carbocycles. The molecule has 5 rings (SSSR count). The minimum Gasteiger partial charge on any atom is -0.508 e. The topological polar surface area (TPSA) is 93.9 Å². The van der Waals surface area contributed by atoms with E-state index in [0.29, 0.717) is 12.2 Å². The molecule has 156 valence electrons. The number of nitrogens with one attached hydrogen (secondary N) is 1. The number of phenols is 1. The number of aromatic hydroxyl groups is 1. The van der Waals surface area contributed by atoms with Crippen LogP contribution >= 0.6 is 0 Å². The molecule has 0 radical (unpaired) electrons. The second-order valence-corrected chi connectivity index (χ2v) is 8.14. The van der Waals surface area contributed by atoms with Crippen molar-refractivity contribution in [2.24, 2.45) is 5.92 Å². The summed E-state index contributed by atoms with van der Waals surface area (Å²) in [5.41, 5.74) is 2.56. The van der Waals surface area contributed by atoms with Crippen molar-refractivity contribution in [3.8, 4) is 11.5 Å². The van der Waals surface area contributed by atoms with Crippen LogP contribution in [0.15, 0.2) is 48.6 Å². The highest BCUT2D eigenvalue weighted by Crippen LogP contribution is 2.53. The molecule has 4 atom stereocenters. The molecule has 3 aliphatic rings. The smallest absolute Gasteiger partial charge is 0.270 e. The average molecular weight is 408 g/mol. The van der Waals surface area contributed by atoms with Crippen molar-refractivity contribution in [2.75, 3.05) is 18.5 Å². The van der Waals surface area contributed by atoms with E-state index in [1.54, 1.807) is 0 Å². The number of fused-ring (bicyclic) bond motifs is 3. The Morgan fingerprint density at radius 1 is 1.27 bits per heavy atom. The van der Waals surface area contributed by atoms with E-state index in [-0.39, 0.29) is 35.4 Å². The van der Waals surface area contributed by atoms with Crippen LogP contribution < -0.4 is 10.1 Å². The van der Waals surface area contributed by atoms with Gasteiger partial charge in [-0.25, -0.2) is 0 Å². The largest absolute Gasteiger partial charge is 0.508 e. The highest BCUT2D eigenvalue weighted by molar-refractivity contribution is 5.68. The SMILES string of the molecule is O=[N+]([O-])c1ccc(O)c(C2Nc3c(OCC4CCCO4)cccc3C3C=CCC32)c1. The third-order valence-corrected chi connectivity index (χ3v) is 6.36. The van der Waals surface area contributed by atoms with E-state index in [1.807, 2.05) is 12.1 Å². The molecule has 4 unspecified atom stereocenters. The fraction of sp³-hybridized carbons (Fsp3) is 0.391. The summed E-state index contributed by atoms with van der Waals surface area (Å²) >= 11 is 0. The molecule has 2 heterocycles. The highest BCUT2D eigenvalue weighted by atomic mass is 16.6. The number of rotatable bonds is 5.